The van der Waals surface area contributed by atoms with Gasteiger partial charge in [0, 0.05) is 12.5 Å². The smallest absolute Gasteiger partial charge is 0.137 e. The molecule has 0 aliphatic carbocycles. The summed E-state index contributed by atoms with van der Waals surface area (Å²) in [4.78, 5) is 3.96. The zero-order valence-corrected chi connectivity index (χ0v) is 10.0. The van der Waals surface area contributed by atoms with Crippen LogP contribution in [0.5, 0.6) is 0 Å². The number of hydrogen-bond donors (Lipinski definition) is 0. The molecule has 0 amide bonds. The minimum absolute atomic E-state index is 0.460. The first-order valence-electron chi connectivity index (χ1n) is 5.56. The van der Waals surface area contributed by atoms with E-state index in [2.05, 4.69) is 49.1 Å². The molecule has 1 atom stereocenters. The lowest BCUT2D eigenvalue weighted by molar-refractivity contribution is 0.540. The first-order valence-corrected chi connectivity index (χ1v) is 5.56. The summed E-state index contributed by atoms with van der Waals surface area (Å²) in [6, 6.07) is 6.61. The number of aromatic nitrogens is 3. The molecule has 0 saturated carbocycles. The number of benzene rings is 1. The molecule has 3 nitrogen and oxygen atoms in total. The molecule has 2 aromatic rings. The Bertz CT molecular complexity index is 460. The molecule has 0 aliphatic rings. The van der Waals surface area contributed by atoms with Gasteiger partial charge in [-0.1, -0.05) is 30.7 Å². The van der Waals surface area contributed by atoms with E-state index in [9.17, 15) is 0 Å². The van der Waals surface area contributed by atoms with Crippen LogP contribution in [0.1, 0.15) is 29.5 Å². The van der Waals surface area contributed by atoms with Crippen LogP contribution < -0.4 is 0 Å². The lowest BCUT2D eigenvalue weighted by atomic mass is 9.95. The molecule has 16 heavy (non-hydrogen) atoms. The topological polar surface area (TPSA) is 30.7 Å². The molecular weight excluding hydrogens is 198 g/mol. The molecule has 0 aliphatic heterocycles. The average Bonchev–Trinajstić information content (AvgIpc) is 2.70. The monoisotopic (exact) mass is 215 g/mol. The molecule has 0 saturated heterocycles. The lowest BCUT2D eigenvalue weighted by Gasteiger charge is -2.14. The van der Waals surface area contributed by atoms with Gasteiger partial charge in [0.2, 0.25) is 0 Å². The van der Waals surface area contributed by atoms with E-state index in [1.807, 2.05) is 4.68 Å². The van der Waals surface area contributed by atoms with Gasteiger partial charge in [0.25, 0.3) is 0 Å². The van der Waals surface area contributed by atoms with Crippen molar-refractivity contribution in [2.24, 2.45) is 0 Å². The molecular formula is C13H17N3. The fourth-order valence-electron chi connectivity index (χ4n) is 2.08. The van der Waals surface area contributed by atoms with Crippen LogP contribution in [-0.4, -0.2) is 14.8 Å². The summed E-state index contributed by atoms with van der Waals surface area (Å²) in [5.74, 6) is 0.460. The molecule has 0 radical (unpaired) electrons. The quantitative estimate of drug-likeness (QED) is 0.788. The molecule has 0 spiro atoms. The summed E-state index contributed by atoms with van der Waals surface area (Å²) in [5.41, 5.74) is 4.06. The second-order valence-electron chi connectivity index (χ2n) is 4.38. The van der Waals surface area contributed by atoms with Crippen LogP contribution in [0.4, 0.5) is 0 Å². The second-order valence-corrected chi connectivity index (χ2v) is 4.38. The highest BCUT2D eigenvalue weighted by atomic mass is 15.3. The highest BCUT2D eigenvalue weighted by Crippen LogP contribution is 2.21. The van der Waals surface area contributed by atoms with Gasteiger partial charge in [-0.15, -0.1) is 0 Å². The van der Waals surface area contributed by atoms with E-state index in [1.54, 1.807) is 12.7 Å². The van der Waals surface area contributed by atoms with Crippen molar-refractivity contribution in [3.8, 4) is 0 Å². The molecule has 2 rings (SSSR count). The third kappa shape index (κ3) is 2.30. The Balaban J connectivity index is 2.17. The first kappa shape index (κ1) is 10.9. The highest BCUT2D eigenvalue weighted by Gasteiger charge is 2.09. The van der Waals surface area contributed by atoms with E-state index in [4.69, 9.17) is 0 Å². The van der Waals surface area contributed by atoms with E-state index in [1.165, 1.54) is 16.7 Å². The van der Waals surface area contributed by atoms with Crippen molar-refractivity contribution < 1.29 is 0 Å². The van der Waals surface area contributed by atoms with Gasteiger partial charge in [0.1, 0.15) is 12.7 Å². The van der Waals surface area contributed by atoms with Gasteiger partial charge in [-0.3, -0.25) is 4.68 Å². The predicted molar refractivity (Wildman–Crippen MR) is 64.4 cm³/mol. The van der Waals surface area contributed by atoms with E-state index < -0.39 is 0 Å². The molecule has 0 N–H and O–H groups in total. The van der Waals surface area contributed by atoms with Crippen LogP contribution >= 0.6 is 0 Å². The third-order valence-corrected chi connectivity index (χ3v) is 2.88. The van der Waals surface area contributed by atoms with Gasteiger partial charge in [-0.25, -0.2) is 4.98 Å². The molecule has 84 valence electrons. The molecule has 0 fully saturated rings. The normalized spacial score (nSPS) is 12.7. The zero-order chi connectivity index (χ0) is 11.5. The molecule has 0 bridgehead atoms. The molecule has 1 aromatic carbocycles. The third-order valence-electron chi connectivity index (χ3n) is 2.88. The SMILES string of the molecule is Cc1ccc(C(C)Cn2cncn2)c(C)c1. The Kier molecular flexibility index (Phi) is 3.04. The van der Waals surface area contributed by atoms with E-state index >= 15 is 0 Å². The maximum atomic E-state index is 4.13. The van der Waals surface area contributed by atoms with Crippen molar-refractivity contribution in [3.63, 3.8) is 0 Å². The van der Waals surface area contributed by atoms with Gasteiger partial charge in [-0.05, 0) is 25.0 Å². The van der Waals surface area contributed by atoms with Crippen molar-refractivity contribution in [2.75, 3.05) is 0 Å². The van der Waals surface area contributed by atoms with Crippen molar-refractivity contribution in [1.82, 2.24) is 14.8 Å². The van der Waals surface area contributed by atoms with Gasteiger partial charge < -0.3 is 0 Å². The van der Waals surface area contributed by atoms with Crippen LogP contribution in [0.3, 0.4) is 0 Å². The van der Waals surface area contributed by atoms with Crippen LogP contribution in [0.25, 0.3) is 0 Å². The lowest BCUT2D eigenvalue weighted by Crippen LogP contribution is -2.08. The van der Waals surface area contributed by atoms with Crippen molar-refractivity contribution in [2.45, 2.75) is 33.2 Å². The number of rotatable bonds is 3. The average molecular weight is 215 g/mol. The van der Waals surface area contributed by atoms with Crippen molar-refractivity contribution in [3.05, 3.63) is 47.5 Å². The summed E-state index contributed by atoms with van der Waals surface area (Å²) < 4.78 is 1.88. The summed E-state index contributed by atoms with van der Waals surface area (Å²) in [5, 5.41) is 4.13. The summed E-state index contributed by atoms with van der Waals surface area (Å²) >= 11 is 0. The Morgan fingerprint density at radius 2 is 2.12 bits per heavy atom. The Labute approximate surface area is 96.1 Å². The van der Waals surface area contributed by atoms with Crippen LogP contribution in [0.2, 0.25) is 0 Å². The molecule has 3 heteroatoms. The second kappa shape index (κ2) is 4.47. The first-order chi connectivity index (χ1) is 7.66. The van der Waals surface area contributed by atoms with Gasteiger partial charge >= 0.3 is 0 Å². The predicted octanol–water partition coefficient (Wildman–Crippen LogP) is 2.70. The summed E-state index contributed by atoms with van der Waals surface area (Å²) in [7, 11) is 0. The molecule has 1 heterocycles. The largest absolute Gasteiger partial charge is 0.252 e. The van der Waals surface area contributed by atoms with Crippen molar-refractivity contribution >= 4 is 0 Å². The minimum atomic E-state index is 0.460. The van der Waals surface area contributed by atoms with Crippen molar-refractivity contribution in [1.29, 1.82) is 0 Å². The summed E-state index contributed by atoms with van der Waals surface area (Å²) in [6.07, 6.45) is 3.34. The summed E-state index contributed by atoms with van der Waals surface area (Å²) in [6.45, 7) is 7.39. The number of aryl methyl sites for hydroxylation is 2. The number of nitrogens with zero attached hydrogens (tertiary/aromatic N) is 3. The van der Waals surface area contributed by atoms with Crippen LogP contribution in [-0.2, 0) is 6.54 Å². The minimum Gasteiger partial charge on any atom is -0.252 e. The van der Waals surface area contributed by atoms with E-state index in [0.29, 0.717) is 5.92 Å². The maximum Gasteiger partial charge on any atom is 0.137 e. The Morgan fingerprint density at radius 1 is 1.31 bits per heavy atom. The van der Waals surface area contributed by atoms with Gasteiger partial charge in [0.05, 0.1) is 0 Å². The highest BCUT2D eigenvalue weighted by molar-refractivity contribution is 5.32. The Hall–Kier alpha value is -1.64. The van der Waals surface area contributed by atoms with E-state index in [0.717, 1.165) is 6.54 Å². The van der Waals surface area contributed by atoms with Crippen LogP contribution in [0, 0.1) is 13.8 Å². The zero-order valence-electron chi connectivity index (χ0n) is 10.0. The van der Waals surface area contributed by atoms with E-state index in [-0.39, 0.29) is 0 Å². The van der Waals surface area contributed by atoms with Gasteiger partial charge in [0.15, 0.2) is 0 Å². The maximum absolute atomic E-state index is 4.13. The molecule has 1 unspecified atom stereocenters. The fourth-order valence-corrected chi connectivity index (χ4v) is 2.08. The number of hydrogen-bond acceptors (Lipinski definition) is 2. The van der Waals surface area contributed by atoms with Crippen LogP contribution in [0.15, 0.2) is 30.9 Å². The fraction of sp³-hybridized carbons (Fsp3) is 0.385. The Morgan fingerprint density at radius 3 is 2.75 bits per heavy atom. The molecule has 1 aromatic heterocycles. The standard InChI is InChI=1S/C13H17N3/c1-10-4-5-13(11(2)6-10)12(3)7-16-9-14-8-15-16/h4-6,8-9,12H,7H2,1-3H3. The van der Waals surface area contributed by atoms with Gasteiger partial charge in [-0.2, -0.15) is 5.10 Å².